The van der Waals surface area contributed by atoms with E-state index in [4.69, 9.17) is 0 Å². The van der Waals surface area contributed by atoms with Crippen LogP contribution in [-0.4, -0.2) is 59.9 Å². The Labute approximate surface area is 317 Å². The molecule has 3 aliphatic heterocycles. The second kappa shape index (κ2) is 15.4. The van der Waals surface area contributed by atoms with E-state index < -0.39 is 41.8 Å². The summed E-state index contributed by atoms with van der Waals surface area (Å²) in [4.78, 5) is 40.1. The zero-order valence-corrected chi connectivity index (χ0v) is 30.4. The molecule has 16 heteroatoms. The van der Waals surface area contributed by atoms with Gasteiger partial charge >= 0.3 is 12.5 Å². The number of aromatic nitrogens is 1. The van der Waals surface area contributed by atoms with Crippen molar-refractivity contribution in [2.24, 2.45) is 18.9 Å². The summed E-state index contributed by atoms with van der Waals surface area (Å²) < 4.78 is 104. The van der Waals surface area contributed by atoms with Crippen LogP contribution in [0, 0.1) is 17.7 Å². The largest absolute Gasteiger partial charge is 0.573 e. The quantitative estimate of drug-likeness (QED) is 0.140. The number of carbonyl (C=O) groups excluding carboxylic acids is 2. The van der Waals surface area contributed by atoms with Crippen LogP contribution in [0.3, 0.4) is 0 Å². The number of imide groups is 1. The number of ether oxygens (including phenoxy) is 1. The maximum atomic E-state index is 14.3. The Balaban J connectivity index is 0.991. The fourth-order valence-electron chi connectivity index (χ4n) is 8.34. The van der Waals surface area contributed by atoms with Crippen molar-refractivity contribution in [2.45, 2.75) is 63.7 Å². The third kappa shape index (κ3) is 8.64. The van der Waals surface area contributed by atoms with Gasteiger partial charge in [0.25, 0.3) is 5.56 Å². The standard InChI is InChI=1S/C40H40F7N5O4/c1-50-22-31(30-19-27(41)4-6-29(30)38(50)55)25-2-3-26(35(18-25)56-40(45,46)47)21-51-14-10-23(11-15-51)24-12-16-52(17-13-24)34-8-5-28(20-32(34)39(42,43)44)48-33-7-9-36(53)49-37(33)54/h2-6,8,18-20,22-24,33,48H,7,9-17,21H2,1H3,(H,49,53,54). The van der Waals surface area contributed by atoms with Crippen molar-refractivity contribution in [1.82, 2.24) is 14.8 Å². The summed E-state index contributed by atoms with van der Waals surface area (Å²) >= 11 is 0. The zero-order valence-electron chi connectivity index (χ0n) is 30.4. The predicted molar refractivity (Wildman–Crippen MR) is 195 cm³/mol. The van der Waals surface area contributed by atoms with Gasteiger partial charge in [0.2, 0.25) is 11.8 Å². The molecule has 56 heavy (non-hydrogen) atoms. The van der Waals surface area contributed by atoms with Gasteiger partial charge in [0.1, 0.15) is 17.6 Å². The normalized spacial score (nSPS) is 19.4. The van der Waals surface area contributed by atoms with Crippen LogP contribution in [0.5, 0.6) is 5.75 Å². The minimum absolute atomic E-state index is 0.0687. The van der Waals surface area contributed by atoms with E-state index in [9.17, 15) is 45.1 Å². The monoisotopic (exact) mass is 787 g/mol. The number of piperidine rings is 3. The van der Waals surface area contributed by atoms with E-state index in [1.807, 2.05) is 0 Å². The number of nitrogens with one attached hydrogen (secondary N) is 2. The van der Waals surface area contributed by atoms with E-state index in [0.29, 0.717) is 61.6 Å². The first kappa shape index (κ1) is 39.1. The first-order valence-corrected chi connectivity index (χ1v) is 18.5. The van der Waals surface area contributed by atoms with Gasteiger partial charge in [0.05, 0.1) is 5.56 Å². The number of benzene rings is 3. The lowest BCUT2D eigenvalue weighted by Crippen LogP contribution is -2.47. The number of nitrogens with zero attached hydrogens (tertiary/aromatic N) is 3. The summed E-state index contributed by atoms with van der Waals surface area (Å²) in [7, 11) is 1.51. The number of rotatable bonds is 8. The number of aryl methyl sites for hydroxylation is 1. The molecule has 0 radical (unpaired) electrons. The number of carbonyl (C=O) groups is 2. The second-order valence-corrected chi connectivity index (χ2v) is 14.8. The molecule has 3 aliphatic rings. The highest BCUT2D eigenvalue weighted by Gasteiger charge is 2.38. The van der Waals surface area contributed by atoms with Gasteiger partial charge in [-0.1, -0.05) is 12.1 Å². The Kier molecular flexibility index (Phi) is 10.8. The second-order valence-electron chi connectivity index (χ2n) is 14.8. The molecule has 1 atom stereocenters. The lowest BCUT2D eigenvalue weighted by molar-refractivity contribution is -0.275. The summed E-state index contributed by atoms with van der Waals surface area (Å²) in [5.41, 5.74) is 0.0486. The van der Waals surface area contributed by atoms with Crippen LogP contribution in [0.25, 0.3) is 21.9 Å². The molecule has 3 saturated heterocycles. The molecule has 1 unspecified atom stereocenters. The van der Waals surface area contributed by atoms with Crippen molar-refractivity contribution in [3.63, 3.8) is 0 Å². The van der Waals surface area contributed by atoms with Gasteiger partial charge < -0.3 is 19.5 Å². The van der Waals surface area contributed by atoms with E-state index in [0.717, 1.165) is 25.0 Å². The van der Waals surface area contributed by atoms with Crippen molar-refractivity contribution in [3.8, 4) is 16.9 Å². The molecule has 298 valence electrons. The molecule has 3 aromatic carbocycles. The summed E-state index contributed by atoms with van der Waals surface area (Å²) in [5, 5.41) is 5.52. The molecule has 0 saturated carbocycles. The van der Waals surface area contributed by atoms with Crippen LogP contribution in [0.4, 0.5) is 42.1 Å². The molecule has 2 N–H and O–H groups in total. The molecule has 7 rings (SSSR count). The maximum absolute atomic E-state index is 14.3. The Morgan fingerprint density at radius 3 is 2.18 bits per heavy atom. The molecular weight excluding hydrogens is 747 g/mol. The molecule has 4 aromatic rings. The third-order valence-corrected chi connectivity index (χ3v) is 11.2. The molecule has 0 bridgehead atoms. The number of fused-ring (bicyclic) bond motifs is 1. The van der Waals surface area contributed by atoms with Gasteiger partial charge in [-0.2, -0.15) is 13.2 Å². The number of amides is 2. The molecule has 0 aliphatic carbocycles. The number of pyridine rings is 1. The van der Waals surface area contributed by atoms with Crippen molar-refractivity contribution < 1.29 is 45.1 Å². The average Bonchev–Trinajstić information content (AvgIpc) is 3.14. The molecule has 0 spiro atoms. The highest BCUT2D eigenvalue weighted by molar-refractivity contribution is 6.01. The molecule has 2 amide bonds. The SMILES string of the molecule is Cn1cc(-c2ccc(CN3CCC(C4CCN(c5ccc(NC6CCC(=O)NC6=O)cc5C(F)(F)F)CC4)CC3)c(OC(F)(F)F)c2)c2cc(F)ccc2c1=O. The van der Waals surface area contributed by atoms with E-state index in [1.54, 1.807) is 17.0 Å². The number of halogens is 7. The highest BCUT2D eigenvalue weighted by Crippen LogP contribution is 2.42. The Bertz CT molecular complexity index is 2190. The van der Waals surface area contributed by atoms with E-state index in [1.165, 1.54) is 48.1 Å². The number of alkyl halides is 6. The van der Waals surface area contributed by atoms with E-state index in [2.05, 4.69) is 20.3 Å². The van der Waals surface area contributed by atoms with Crippen molar-refractivity contribution >= 4 is 34.0 Å². The Morgan fingerprint density at radius 1 is 0.821 bits per heavy atom. The number of likely N-dealkylation sites (tertiary alicyclic amines) is 1. The lowest BCUT2D eigenvalue weighted by atomic mass is 9.78. The zero-order chi connectivity index (χ0) is 39.9. The highest BCUT2D eigenvalue weighted by atomic mass is 19.4. The smallest absolute Gasteiger partial charge is 0.405 e. The van der Waals surface area contributed by atoms with Crippen LogP contribution < -0.4 is 25.8 Å². The molecule has 4 heterocycles. The molecule has 1 aromatic heterocycles. The van der Waals surface area contributed by atoms with Gasteiger partial charge in [-0.3, -0.25) is 24.6 Å². The summed E-state index contributed by atoms with van der Waals surface area (Å²) in [6.45, 7) is 2.27. The van der Waals surface area contributed by atoms with Gasteiger partial charge in [-0.25, -0.2) is 4.39 Å². The molecule has 3 fully saturated rings. The van der Waals surface area contributed by atoms with Gasteiger partial charge in [0.15, 0.2) is 0 Å². The van der Waals surface area contributed by atoms with Crippen LogP contribution >= 0.6 is 0 Å². The van der Waals surface area contributed by atoms with E-state index in [-0.39, 0.29) is 58.8 Å². The first-order valence-electron chi connectivity index (χ1n) is 18.5. The third-order valence-electron chi connectivity index (χ3n) is 11.2. The summed E-state index contributed by atoms with van der Waals surface area (Å²) in [6.07, 6.45) is -4.94. The fraction of sp³-hybridized carbons (Fsp3) is 0.425. The number of hydrogen-bond donors (Lipinski definition) is 2. The Morgan fingerprint density at radius 2 is 1.52 bits per heavy atom. The number of anilines is 2. The van der Waals surface area contributed by atoms with Crippen molar-refractivity contribution in [2.75, 3.05) is 36.4 Å². The minimum atomic E-state index is -4.97. The topological polar surface area (TPSA) is 95.9 Å². The molecular formula is C40H40F7N5O4. The van der Waals surface area contributed by atoms with Gasteiger partial charge in [-0.15, -0.1) is 13.2 Å². The van der Waals surface area contributed by atoms with Crippen LogP contribution in [0.1, 0.15) is 49.7 Å². The van der Waals surface area contributed by atoms with Gasteiger partial charge in [0, 0.05) is 67.2 Å². The van der Waals surface area contributed by atoms with Gasteiger partial charge in [-0.05, 0) is 110 Å². The predicted octanol–water partition coefficient (Wildman–Crippen LogP) is 7.61. The van der Waals surface area contributed by atoms with Crippen molar-refractivity contribution in [1.29, 1.82) is 0 Å². The Hall–Kier alpha value is -5.12. The maximum Gasteiger partial charge on any atom is 0.573 e. The lowest BCUT2D eigenvalue weighted by Gasteiger charge is -2.41. The van der Waals surface area contributed by atoms with E-state index >= 15 is 0 Å². The summed E-state index contributed by atoms with van der Waals surface area (Å²) in [6, 6.07) is 11.3. The van der Waals surface area contributed by atoms with Crippen LogP contribution in [0.2, 0.25) is 0 Å². The van der Waals surface area contributed by atoms with Crippen LogP contribution in [-0.2, 0) is 29.4 Å². The van der Waals surface area contributed by atoms with Crippen molar-refractivity contribution in [3.05, 3.63) is 88.1 Å². The first-order chi connectivity index (χ1) is 26.5. The number of hydrogen-bond acceptors (Lipinski definition) is 7. The summed E-state index contributed by atoms with van der Waals surface area (Å²) in [5.74, 6) is -1.38. The van der Waals surface area contributed by atoms with Crippen LogP contribution in [0.15, 0.2) is 65.6 Å². The minimum Gasteiger partial charge on any atom is -0.405 e. The molecule has 9 nitrogen and oxygen atoms in total. The fourth-order valence-corrected chi connectivity index (χ4v) is 8.34. The average molecular weight is 788 g/mol.